The van der Waals surface area contributed by atoms with Crippen LogP contribution in [0.1, 0.15) is 5.56 Å². The molecule has 2 aromatic carbocycles. The van der Waals surface area contributed by atoms with Gasteiger partial charge in [-0.15, -0.1) is 0 Å². The molecule has 1 N–H and O–H groups in total. The standard InChI is InChI=1S/C15H15BrClNO/c1-11-9-13(17)5-6-15(11)19-8-7-18-14-4-2-3-12(16)10-14/h2-6,9-10,18H,7-8H2,1H3. The third-order valence-corrected chi connectivity index (χ3v) is 3.38. The van der Waals surface area contributed by atoms with Crippen LogP contribution < -0.4 is 10.1 Å². The van der Waals surface area contributed by atoms with Crippen LogP contribution in [0.4, 0.5) is 5.69 Å². The molecule has 0 saturated heterocycles. The zero-order valence-electron chi connectivity index (χ0n) is 10.6. The minimum atomic E-state index is 0.606. The number of hydrogen-bond acceptors (Lipinski definition) is 2. The van der Waals surface area contributed by atoms with E-state index >= 15 is 0 Å². The quantitative estimate of drug-likeness (QED) is 0.782. The molecule has 19 heavy (non-hydrogen) atoms. The number of ether oxygens (including phenoxy) is 1. The van der Waals surface area contributed by atoms with Crippen LogP contribution >= 0.6 is 27.5 Å². The first kappa shape index (κ1) is 14.2. The third kappa shape index (κ3) is 4.44. The van der Waals surface area contributed by atoms with Crippen LogP contribution in [-0.4, -0.2) is 13.2 Å². The van der Waals surface area contributed by atoms with Gasteiger partial charge in [0.25, 0.3) is 0 Å². The molecule has 2 rings (SSSR count). The van der Waals surface area contributed by atoms with Gasteiger partial charge in [-0.1, -0.05) is 33.6 Å². The Kier molecular flexibility index (Phi) is 5.11. The van der Waals surface area contributed by atoms with Gasteiger partial charge in [-0.05, 0) is 48.9 Å². The van der Waals surface area contributed by atoms with Crippen molar-refractivity contribution in [2.75, 3.05) is 18.5 Å². The maximum Gasteiger partial charge on any atom is 0.122 e. The highest BCUT2D eigenvalue weighted by Gasteiger charge is 2.00. The number of rotatable bonds is 5. The summed E-state index contributed by atoms with van der Waals surface area (Å²) in [6, 6.07) is 13.7. The third-order valence-electron chi connectivity index (χ3n) is 2.65. The molecular formula is C15H15BrClNO. The van der Waals surface area contributed by atoms with Crippen molar-refractivity contribution in [2.45, 2.75) is 6.92 Å². The van der Waals surface area contributed by atoms with Gasteiger partial charge >= 0.3 is 0 Å². The van der Waals surface area contributed by atoms with Gasteiger partial charge in [-0.25, -0.2) is 0 Å². The van der Waals surface area contributed by atoms with Crippen molar-refractivity contribution in [3.8, 4) is 5.75 Å². The maximum atomic E-state index is 5.90. The zero-order valence-corrected chi connectivity index (χ0v) is 13.0. The van der Waals surface area contributed by atoms with E-state index in [1.165, 1.54) is 0 Å². The summed E-state index contributed by atoms with van der Waals surface area (Å²) >= 11 is 9.34. The van der Waals surface area contributed by atoms with Crippen molar-refractivity contribution < 1.29 is 4.74 Å². The fraction of sp³-hybridized carbons (Fsp3) is 0.200. The molecule has 0 saturated carbocycles. The zero-order chi connectivity index (χ0) is 13.7. The van der Waals surface area contributed by atoms with Crippen LogP contribution in [-0.2, 0) is 0 Å². The van der Waals surface area contributed by atoms with E-state index in [9.17, 15) is 0 Å². The Balaban J connectivity index is 1.81. The van der Waals surface area contributed by atoms with E-state index in [-0.39, 0.29) is 0 Å². The molecular weight excluding hydrogens is 326 g/mol. The predicted molar refractivity (Wildman–Crippen MR) is 84.3 cm³/mol. The summed E-state index contributed by atoms with van der Waals surface area (Å²) in [5.41, 5.74) is 2.13. The molecule has 2 nitrogen and oxygen atoms in total. The van der Waals surface area contributed by atoms with E-state index in [0.717, 1.165) is 33.0 Å². The van der Waals surface area contributed by atoms with Crippen molar-refractivity contribution in [1.82, 2.24) is 0 Å². The van der Waals surface area contributed by atoms with Gasteiger partial charge in [0.05, 0.1) is 0 Å². The van der Waals surface area contributed by atoms with Crippen LogP contribution in [0.15, 0.2) is 46.9 Å². The Morgan fingerprint density at radius 3 is 2.79 bits per heavy atom. The summed E-state index contributed by atoms with van der Waals surface area (Å²) < 4.78 is 6.77. The summed E-state index contributed by atoms with van der Waals surface area (Å²) in [7, 11) is 0. The maximum absolute atomic E-state index is 5.90. The van der Waals surface area contributed by atoms with Gasteiger partial charge in [0.1, 0.15) is 12.4 Å². The highest BCUT2D eigenvalue weighted by Crippen LogP contribution is 2.21. The lowest BCUT2D eigenvalue weighted by Crippen LogP contribution is -2.11. The molecule has 2 aromatic rings. The van der Waals surface area contributed by atoms with Crippen molar-refractivity contribution in [1.29, 1.82) is 0 Å². The lowest BCUT2D eigenvalue weighted by molar-refractivity contribution is 0.330. The van der Waals surface area contributed by atoms with Gasteiger partial charge in [0.15, 0.2) is 0 Å². The smallest absolute Gasteiger partial charge is 0.122 e. The van der Waals surface area contributed by atoms with Crippen LogP contribution in [0.5, 0.6) is 5.75 Å². The fourth-order valence-electron chi connectivity index (χ4n) is 1.73. The summed E-state index contributed by atoms with van der Waals surface area (Å²) in [4.78, 5) is 0. The van der Waals surface area contributed by atoms with E-state index in [2.05, 4.69) is 21.2 Å². The molecule has 0 aliphatic heterocycles. The van der Waals surface area contributed by atoms with Crippen molar-refractivity contribution in [3.05, 3.63) is 57.5 Å². The lowest BCUT2D eigenvalue weighted by atomic mass is 10.2. The second-order valence-electron chi connectivity index (χ2n) is 4.20. The van der Waals surface area contributed by atoms with Crippen LogP contribution in [0.3, 0.4) is 0 Å². The minimum Gasteiger partial charge on any atom is -0.491 e. The Labute approximate surface area is 126 Å². The molecule has 0 atom stereocenters. The van der Waals surface area contributed by atoms with E-state index in [4.69, 9.17) is 16.3 Å². The highest BCUT2D eigenvalue weighted by atomic mass is 79.9. The number of nitrogens with one attached hydrogen (secondary N) is 1. The first-order chi connectivity index (χ1) is 9.15. The lowest BCUT2D eigenvalue weighted by Gasteiger charge is -2.11. The molecule has 0 bridgehead atoms. The van der Waals surface area contributed by atoms with E-state index < -0.39 is 0 Å². The van der Waals surface area contributed by atoms with Crippen LogP contribution in [0.2, 0.25) is 5.02 Å². The normalized spacial score (nSPS) is 10.3. The summed E-state index contributed by atoms with van der Waals surface area (Å²) in [5.74, 6) is 0.875. The van der Waals surface area contributed by atoms with Crippen LogP contribution in [0.25, 0.3) is 0 Å². The molecule has 0 spiro atoms. The molecule has 0 fully saturated rings. The van der Waals surface area contributed by atoms with E-state index in [0.29, 0.717) is 6.61 Å². The van der Waals surface area contributed by atoms with Crippen molar-refractivity contribution in [2.24, 2.45) is 0 Å². The number of anilines is 1. The van der Waals surface area contributed by atoms with E-state index in [1.807, 2.05) is 49.4 Å². The molecule has 0 heterocycles. The van der Waals surface area contributed by atoms with Gasteiger partial charge in [-0.3, -0.25) is 0 Å². The first-order valence-corrected chi connectivity index (χ1v) is 7.20. The summed E-state index contributed by atoms with van der Waals surface area (Å²) in [6.45, 7) is 3.34. The summed E-state index contributed by atoms with van der Waals surface area (Å²) in [6.07, 6.45) is 0. The van der Waals surface area contributed by atoms with Crippen LogP contribution in [0, 0.1) is 6.92 Å². The second-order valence-corrected chi connectivity index (χ2v) is 5.55. The average molecular weight is 341 g/mol. The minimum absolute atomic E-state index is 0.606. The molecule has 0 aliphatic carbocycles. The number of benzene rings is 2. The van der Waals surface area contributed by atoms with Gasteiger partial charge in [0, 0.05) is 21.7 Å². The predicted octanol–water partition coefficient (Wildman–Crippen LogP) is 4.90. The fourth-order valence-corrected chi connectivity index (χ4v) is 2.36. The van der Waals surface area contributed by atoms with Gasteiger partial charge in [0.2, 0.25) is 0 Å². The Bertz CT molecular complexity index is 560. The Hall–Kier alpha value is -1.19. The number of halogens is 2. The second kappa shape index (κ2) is 6.83. The first-order valence-electron chi connectivity index (χ1n) is 6.03. The van der Waals surface area contributed by atoms with Crippen molar-refractivity contribution >= 4 is 33.2 Å². The topological polar surface area (TPSA) is 21.3 Å². The largest absolute Gasteiger partial charge is 0.491 e. The molecule has 0 amide bonds. The molecule has 0 unspecified atom stereocenters. The van der Waals surface area contributed by atoms with Gasteiger partial charge < -0.3 is 10.1 Å². The number of aryl methyl sites for hydroxylation is 1. The Morgan fingerprint density at radius 1 is 1.21 bits per heavy atom. The van der Waals surface area contributed by atoms with E-state index in [1.54, 1.807) is 0 Å². The molecule has 100 valence electrons. The SMILES string of the molecule is Cc1cc(Cl)ccc1OCCNc1cccc(Br)c1. The molecule has 0 aliphatic rings. The van der Waals surface area contributed by atoms with Gasteiger partial charge in [-0.2, -0.15) is 0 Å². The monoisotopic (exact) mass is 339 g/mol. The van der Waals surface area contributed by atoms with Crippen molar-refractivity contribution in [3.63, 3.8) is 0 Å². The molecule has 0 radical (unpaired) electrons. The average Bonchev–Trinajstić information content (AvgIpc) is 2.37. The molecule has 0 aromatic heterocycles. The highest BCUT2D eigenvalue weighted by molar-refractivity contribution is 9.10. The Morgan fingerprint density at radius 2 is 2.05 bits per heavy atom. The number of hydrogen-bond donors (Lipinski definition) is 1. The summed E-state index contributed by atoms with van der Waals surface area (Å²) in [5, 5.41) is 4.04. The molecule has 4 heteroatoms.